The van der Waals surface area contributed by atoms with Crippen LogP contribution in [-0.4, -0.2) is 39.7 Å². The normalized spacial score (nSPS) is 16.4. The third-order valence-electron chi connectivity index (χ3n) is 5.20. The maximum Gasteiger partial charge on any atom is 0.255 e. The number of carbonyl (C=O) groups is 2. The first kappa shape index (κ1) is 20.7. The van der Waals surface area contributed by atoms with E-state index in [0.717, 1.165) is 5.56 Å². The van der Waals surface area contributed by atoms with Gasteiger partial charge >= 0.3 is 0 Å². The van der Waals surface area contributed by atoms with Crippen molar-refractivity contribution in [2.24, 2.45) is 0 Å². The number of benzene rings is 2. The molecule has 1 saturated heterocycles. The maximum atomic E-state index is 13.8. The summed E-state index contributed by atoms with van der Waals surface area (Å²) in [6, 6.07) is 13.4. The molecule has 0 N–H and O–H groups in total. The Kier molecular flexibility index (Phi) is 5.81. The number of thiophene rings is 1. The largest absolute Gasteiger partial charge is 0.497 e. The molecular weight excluding hydrogens is 416 g/mol. The van der Waals surface area contributed by atoms with Crippen LogP contribution in [0.3, 0.4) is 0 Å². The fourth-order valence-electron chi connectivity index (χ4n) is 3.73. The highest BCUT2D eigenvalue weighted by Gasteiger charge is 2.43. The van der Waals surface area contributed by atoms with Crippen LogP contribution in [0.4, 0.5) is 11.4 Å². The van der Waals surface area contributed by atoms with Crippen LogP contribution in [0.5, 0.6) is 17.2 Å². The summed E-state index contributed by atoms with van der Waals surface area (Å²) in [6.07, 6.45) is 0. The Hall–Kier alpha value is -3.52. The second-order valence-corrected chi connectivity index (χ2v) is 7.64. The lowest BCUT2D eigenvalue weighted by Gasteiger charge is -2.40. The number of anilines is 2. The number of carbonyl (C=O) groups excluding carboxylic acids is 2. The van der Waals surface area contributed by atoms with E-state index in [2.05, 4.69) is 0 Å². The first-order valence-electron chi connectivity index (χ1n) is 9.59. The van der Waals surface area contributed by atoms with Crippen molar-refractivity contribution in [1.82, 2.24) is 0 Å². The third kappa shape index (κ3) is 3.70. The van der Waals surface area contributed by atoms with E-state index in [1.54, 1.807) is 44.6 Å². The van der Waals surface area contributed by atoms with Crippen molar-refractivity contribution < 1.29 is 23.8 Å². The molecule has 31 heavy (non-hydrogen) atoms. The van der Waals surface area contributed by atoms with Gasteiger partial charge in [-0.2, -0.15) is 11.3 Å². The van der Waals surface area contributed by atoms with Gasteiger partial charge in [-0.15, -0.1) is 0 Å². The molecule has 2 amide bonds. The summed E-state index contributed by atoms with van der Waals surface area (Å²) in [6.45, 7) is -0.138. The van der Waals surface area contributed by atoms with Crippen molar-refractivity contribution in [3.63, 3.8) is 0 Å². The molecule has 1 unspecified atom stereocenters. The van der Waals surface area contributed by atoms with Crippen molar-refractivity contribution in [3.05, 3.63) is 64.9 Å². The average Bonchev–Trinajstić information content (AvgIpc) is 3.34. The van der Waals surface area contributed by atoms with E-state index in [9.17, 15) is 9.59 Å². The van der Waals surface area contributed by atoms with Gasteiger partial charge in [0.15, 0.2) is 0 Å². The monoisotopic (exact) mass is 438 g/mol. The molecule has 1 atom stereocenters. The predicted molar refractivity (Wildman–Crippen MR) is 119 cm³/mol. The topological polar surface area (TPSA) is 68.3 Å². The average molecular weight is 439 g/mol. The number of ether oxygens (including phenoxy) is 3. The fourth-order valence-corrected chi connectivity index (χ4v) is 4.41. The number of rotatable bonds is 6. The Labute approximate surface area is 184 Å². The van der Waals surface area contributed by atoms with Crippen LogP contribution in [0.15, 0.2) is 59.3 Å². The standard InChI is InChI=1S/C23H22N2O5S/c1-28-16-8-9-20(30-3)18(12-16)24-13-21(26)25(17-6-4-5-7-19(17)29-2)22(23(24)27)15-10-11-31-14-15/h4-12,14,22H,13H2,1-3H3. The molecule has 160 valence electrons. The van der Waals surface area contributed by atoms with E-state index in [-0.39, 0.29) is 18.4 Å². The SMILES string of the molecule is COc1ccc(OC)c(N2CC(=O)N(c3ccccc3OC)C(c3ccsc3)C2=O)c1. The van der Waals surface area contributed by atoms with Gasteiger partial charge in [0.2, 0.25) is 5.91 Å². The summed E-state index contributed by atoms with van der Waals surface area (Å²) in [5.74, 6) is 1.10. The van der Waals surface area contributed by atoms with E-state index in [1.807, 2.05) is 29.0 Å². The van der Waals surface area contributed by atoms with Crippen LogP contribution in [0, 0.1) is 0 Å². The molecule has 2 aromatic carbocycles. The molecule has 1 aromatic heterocycles. The van der Waals surface area contributed by atoms with E-state index in [1.165, 1.54) is 28.2 Å². The van der Waals surface area contributed by atoms with Gasteiger partial charge < -0.3 is 14.2 Å². The maximum absolute atomic E-state index is 13.8. The Morgan fingerprint density at radius 3 is 2.32 bits per heavy atom. The Morgan fingerprint density at radius 2 is 1.65 bits per heavy atom. The third-order valence-corrected chi connectivity index (χ3v) is 5.90. The zero-order valence-corrected chi connectivity index (χ0v) is 18.2. The number of methoxy groups -OCH3 is 3. The number of nitrogens with zero attached hydrogens (tertiary/aromatic N) is 2. The molecule has 1 aliphatic heterocycles. The van der Waals surface area contributed by atoms with E-state index in [4.69, 9.17) is 14.2 Å². The first-order valence-corrected chi connectivity index (χ1v) is 10.5. The predicted octanol–water partition coefficient (Wildman–Crippen LogP) is 3.90. The van der Waals surface area contributed by atoms with Gasteiger partial charge in [-0.1, -0.05) is 12.1 Å². The highest BCUT2D eigenvalue weighted by molar-refractivity contribution is 7.08. The van der Waals surface area contributed by atoms with E-state index in [0.29, 0.717) is 28.6 Å². The molecule has 3 aromatic rings. The lowest BCUT2D eigenvalue weighted by molar-refractivity contribution is -0.128. The zero-order chi connectivity index (χ0) is 22.0. The molecular formula is C23H22N2O5S. The summed E-state index contributed by atoms with van der Waals surface area (Å²) in [5.41, 5.74) is 1.78. The second kappa shape index (κ2) is 8.69. The summed E-state index contributed by atoms with van der Waals surface area (Å²) in [4.78, 5) is 30.3. The molecule has 0 saturated carbocycles. The summed E-state index contributed by atoms with van der Waals surface area (Å²) in [5, 5.41) is 3.77. The lowest BCUT2D eigenvalue weighted by Crippen LogP contribution is -2.56. The van der Waals surface area contributed by atoms with Crippen LogP contribution in [0.25, 0.3) is 0 Å². The van der Waals surface area contributed by atoms with Crippen LogP contribution in [0.1, 0.15) is 11.6 Å². The molecule has 0 spiro atoms. The number of amides is 2. The Morgan fingerprint density at radius 1 is 0.903 bits per heavy atom. The quantitative estimate of drug-likeness (QED) is 0.584. The van der Waals surface area contributed by atoms with E-state index >= 15 is 0 Å². The minimum Gasteiger partial charge on any atom is -0.497 e. The highest BCUT2D eigenvalue weighted by Crippen LogP contribution is 2.41. The molecule has 1 aliphatic rings. The Bertz CT molecular complexity index is 1100. The smallest absolute Gasteiger partial charge is 0.255 e. The van der Waals surface area contributed by atoms with Gasteiger partial charge in [0.1, 0.15) is 29.8 Å². The van der Waals surface area contributed by atoms with Gasteiger partial charge in [0.05, 0.1) is 32.7 Å². The van der Waals surface area contributed by atoms with Crippen molar-refractivity contribution in [3.8, 4) is 17.2 Å². The molecule has 2 heterocycles. The summed E-state index contributed by atoms with van der Waals surface area (Å²) >= 11 is 1.47. The summed E-state index contributed by atoms with van der Waals surface area (Å²) in [7, 11) is 4.62. The first-order chi connectivity index (χ1) is 15.1. The van der Waals surface area contributed by atoms with Gasteiger partial charge in [-0.25, -0.2) is 0 Å². The van der Waals surface area contributed by atoms with Gasteiger partial charge in [0, 0.05) is 6.07 Å². The summed E-state index contributed by atoms with van der Waals surface area (Å²) < 4.78 is 16.3. The van der Waals surface area contributed by atoms with Crippen LogP contribution >= 0.6 is 11.3 Å². The molecule has 8 heteroatoms. The number of piperazine rings is 1. The van der Waals surface area contributed by atoms with Crippen molar-refractivity contribution in [2.45, 2.75) is 6.04 Å². The highest BCUT2D eigenvalue weighted by atomic mass is 32.1. The molecule has 4 rings (SSSR count). The van der Waals surface area contributed by atoms with Crippen LogP contribution < -0.4 is 24.0 Å². The molecule has 0 radical (unpaired) electrons. The second-order valence-electron chi connectivity index (χ2n) is 6.86. The Balaban J connectivity index is 1.84. The fraction of sp³-hybridized carbons (Fsp3) is 0.217. The van der Waals surface area contributed by atoms with E-state index < -0.39 is 6.04 Å². The minimum atomic E-state index is -0.834. The number of para-hydroxylation sites is 2. The van der Waals surface area contributed by atoms with Crippen LogP contribution in [-0.2, 0) is 9.59 Å². The number of hydrogen-bond acceptors (Lipinski definition) is 6. The van der Waals surface area contributed by atoms with Gasteiger partial charge in [0.25, 0.3) is 5.91 Å². The van der Waals surface area contributed by atoms with Crippen molar-refractivity contribution >= 4 is 34.5 Å². The zero-order valence-electron chi connectivity index (χ0n) is 17.4. The van der Waals surface area contributed by atoms with Crippen LogP contribution in [0.2, 0.25) is 0 Å². The van der Waals surface area contributed by atoms with Gasteiger partial charge in [-0.05, 0) is 46.7 Å². The van der Waals surface area contributed by atoms with Crippen molar-refractivity contribution in [1.29, 1.82) is 0 Å². The molecule has 0 aliphatic carbocycles. The van der Waals surface area contributed by atoms with Crippen molar-refractivity contribution in [2.75, 3.05) is 37.7 Å². The molecule has 7 nitrogen and oxygen atoms in total. The minimum absolute atomic E-state index is 0.138. The molecule has 0 bridgehead atoms. The van der Waals surface area contributed by atoms with Gasteiger partial charge in [-0.3, -0.25) is 19.4 Å². The molecule has 1 fully saturated rings. The number of hydrogen-bond donors (Lipinski definition) is 0. The lowest BCUT2D eigenvalue weighted by atomic mass is 10.0.